The number of fused-ring (bicyclic) bond motifs is 1. The van der Waals surface area contributed by atoms with E-state index in [1.807, 2.05) is 0 Å². The molecule has 1 aromatic rings. The molecule has 0 saturated heterocycles. The minimum atomic E-state index is -1.04. The summed E-state index contributed by atoms with van der Waals surface area (Å²) >= 11 is 13.2. The van der Waals surface area contributed by atoms with Gasteiger partial charge in [-0.2, -0.15) is 0 Å². The lowest BCUT2D eigenvalue weighted by Gasteiger charge is -2.29. The lowest BCUT2D eigenvalue weighted by molar-refractivity contribution is -0.136. The second kappa shape index (κ2) is 6.35. The summed E-state index contributed by atoms with van der Waals surface area (Å²) in [6.07, 6.45) is 0.376. The van der Waals surface area contributed by atoms with Gasteiger partial charge in [0.1, 0.15) is 0 Å². The molecule has 1 unspecified atom stereocenters. The molecular formula is C16H13Cl2NO4S. The van der Waals surface area contributed by atoms with E-state index in [4.69, 9.17) is 23.2 Å². The normalized spacial score (nSPS) is 20.7. The van der Waals surface area contributed by atoms with E-state index in [0.717, 1.165) is 11.3 Å². The first-order valence-electron chi connectivity index (χ1n) is 7.25. The van der Waals surface area contributed by atoms with Gasteiger partial charge in [0.15, 0.2) is 5.78 Å². The smallest absolute Gasteiger partial charge is 0.307 e. The third-order valence-corrected chi connectivity index (χ3v) is 5.86. The second-order valence-electron chi connectivity index (χ2n) is 5.62. The number of nitrogens with zero attached hydrogens (tertiary/aromatic N) is 1. The fourth-order valence-corrected chi connectivity index (χ4v) is 4.52. The van der Waals surface area contributed by atoms with E-state index in [-0.39, 0.29) is 29.6 Å². The zero-order chi connectivity index (χ0) is 17.6. The summed E-state index contributed by atoms with van der Waals surface area (Å²) in [6.45, 7) is 1.69. The minimum absolute atomic E-state index is 0.0429. The molecule has 1 N–H and O–H groups in total. The van der Waals surface area contributed by atoms with Gasteiger partial charge in [-0.1, -0.05) is 23.2 Å². The maximum atomic E-state index is 12.9. The molecular weight excluding hydrogens is 373 g/mol. The van der Waals surface area contributed by atoms with Crippen molar-refractivity contribution < 1.29 is 19.5 Å². The number of carbonyl (C=O) groups is 3. The van der Waals surface area contributed by atoms with Crippen molar-refractivity contribution in [2.45, 2.75) is 32.2 Å². The molecule has 0 aromatic carbocycles. The first-order chi connectivity index (χ1) is 11.3. The van der Waals surface area contributed by atoms with Crippen molar-refractivity contribution in [2.24, 2.45) is 0 Å². The third kappa shape index (κ3) is 2.79. The molecule has 8 heteroatoms. The quantitative estimate of drug-likeness (QED) is 0.857. The number of carbonyl (C=O) groups excluding carboxylic acids is 2. The molecule has 1 atom stereocenters. The van der Waals surface area contributed by atoms with Crippen molar-refractivity contribution >= 4 is 52.2 Å². The Morgan fingerprint density at radius 3 is 2.67 bits per heavy atom. The Kier molecular flexibility index (Phi) is 4.55. The largest absolute Gasteiger partial charge is 0.481 e. The predicted molar refractivity (Wildman–Crippen MR) is 91.4 cm³/mol. The number of thiophene rings is 1. The number of Topliss-reactive ketones (excluding diaryl/α,β-unsaturated/α-hetero) is 1. The molecule has 1 amide bonds. The van der Waals surface area contributed by atoms with E-state index in [1.54, 1.807) is 24.0 Å². The van der Waals surface area contributed by atoms with Crippen LogP contribution in [0.15, 0.2) is 34.0 Å². The lowest BCUT2D eigenvalue weighted by atomic mass is 9.89. The van der Waals surface area contributed by atoms with Crippen molar-refractivity contribution in [3.05, 3.63) is 43.2 Å². The average molecular weight is 386 g/mol. The highest BCUT2D eigenvalue weighted by atomic mass is 35.5. The summed E-state index contributed by atoms with van der Waals surface area (Å²) in [6, 6.07) is 2.87. The van der Waals surface area contributed by atoms with Crippen LogP contribution >= 0.6 is 34.5 Å². The number of ketones is 1. The van der Waals surface area contributed by atoms with Crippen LogP contribution in [0.2, 0.25) is 4.34 Å². The number of hydrogen-bond donors (Lipinski definition) is 1. The van der Waals surface area contributed by atoms with E-state index in [2.05, 4.69) is 0 Å². The molecule has 0 bridgehead atoms. The molecule has 3 rings (SSSR count). The maximum absolute atomic E-state index is 12.9. The van der Waals surface area contributed by atoms with Gasteiger partial charge in [0, 0.05) is 17.7 Å². The number of carboxylic acids is 1. The van der Waals surface area contributed by atoms with E-state index >= 15 is 0 Å². The highest BCUT2D eigenvalue weighted by Crippen LogP contribution is 2.44. The van der Waals surface area contributed by atoms with E-state index in [1.165, 1.54) is 0 Å². The van der Waals surface area contributed by atoms with Gasteiger partial charge in [0.05, 0.1) is 26.7 Å². The molecule has 2 heterocycles. The van der Waals surface area contributed by atoms with E-state index in [0.29, 0.717) is 32.5 Å². The van der Waals surface area contributed by atoms with Gasteiger partial charge in [-0.25, -0.2) is 0 Å². The SMILES string of the molecule is CC1=C(CC(=O)O)C2=C(Cl)C(=O)CCC2N1C(=O)c1ccc(Cl)s1. The highest BCUT2D eigenvalue weighted by molar-refractivity contribution is 7.18. The van der Waals surface area contributed by atoms with Gasteiger partial charge in [0.25, 0.3) is 5.91 Å². The van der Waals surface area contributed by atoms with Crippen LogP contribution in [-0.2, 0) is 9.59 Å². The van der Waals surface area contributed by atoms with Crippen LogP contribution in [-0.4, -0.2) is 33.7 Å². The fraction of sp³-hybridized carbons (Fsp3) is 0.312. The molecule has 0 spiro atoms. The van der Waals surface area contributed by atoms with Gasteiger partial charge >= 0.3 is 5.97 Å². The zero-order valence-corrected chi connectivity index (χ0v) is 15.0. The number of amides is 1. The highest BCUT2D eigenvalue weighted by Gasteiger charge is 2.43. The van der Waals surface area contributed by atoms with Crippen molar-refractivity contribution in [2.75, 3.05) is 0 Å². The molecule has 0 radical (unpaired) electrons. The number of carboxylic acid groups (broad SMARTS) is 1. The Morgan fingerprint density at radius 1 is 1.38 bits per heavy atom. The summed E-state index contributed by atoms with van der Waals surface area (Å²) in [5.41, 5.74) is 1.45. The predicted octanol–water partition coefficient (Wildman–Crippen LogP) is 3.83. The van der Waals surface area contributed by atoms with Crippen molar-refractivity contribution in [3.63, 3.8) is 0 Å². The van der Waals surface area contributed by atoms with Crippen LogP contribution in [0.1, 0.15) is 35.9 Å². The van der Waals surface area contributed by atoms with Crippen LogP contribution in [0.4, 0.5) is 0 Å². The Hall–Kier alpha value is -1.63. The van der Waals surface area contributed by atoms with Gasteiger partial charge < -0.3 is 10.0 Å². The lowest BCUT2D eigenvalue weighted by Crippen LogP contribution is -2.38. The van der Waals surface area contributed by atoms with Crippen LogP contribution < -0.4 is 0 Å². The Bertz CT molecular complexity index is 824. The third-order valence-electron chi connectivity index (χ3n) is 4.23. The molecule has 1 aromatic heterocycles. The topological polar surface area (TPSA) is 74.7 Å². The molecule has 1 aliphatic heterocycles. The molecule has 2 aliphatic rings. The average Bonchev–Trinajstić information content (AvgIpc) is 3.05. The van der Waals surface area contributed by atoms with Gasteiger partial charge in [-0.15, -0.1) is 11.3 Å². The standard InChI is InChI=1S/C16H13Cl2NO4S/c1-7-8(6-13(21)22)14-9(2-3-10(20)15(14)18)19(7)16(23)11-4-5-12(17)24-11/h4-5,9H,2-3,6H2,1H3,(H,21,22). The van der Waals surface area contributed by atoms with E-state index < -0.39 is 12.0 Å². The molecule has 0 fully saturated rings. The van der Waals surface area contributed by atoms with Crippen molar-refractivity contribution in [1.29, 1.82) is 0 Å². The maximum Gasteiger partial charge on any atom is 0.307 e. The number of halogens is 2. The molecule has 126 valence electrons. The Balaban J connectivity index is 2.10. The number of aliphatic carboxylic acids is 1. The summed E-state index contributed by atoms with van der Waals surface area (Å²) in [4.78, 5) is 38.1. The van der Waals surface area contributed by atoms with Gasteiger partial charge in [-0.05, 0) is 31.1 Å². The van der Waals surface area contributed by atoms with Gasteiger partial charge in [-0.3, -0.25) is 14.4 Å². The van der Waals surface area contributed by atoms with Crippen molar-refractivity contribution in [1.82, 2.24) is 4.90 Å². The minimum Gasteiger partial charge on any atom is -0.481 e. The zero-order valence-electron chi connectivity index (χ0n) is 12.6. The first kappa shape index (κ1) is 17.2. The summed E-state index contributed by atoms with van der Waals surface area (Å²) in [5.74, 6) is -1.51. The fourth-order valence-electron chi connectivity index (χ4n) is 3.20. The molecule has 0 saturated carbocycles. The molecule has 1 aliphatic carbocycles. The number of hydrogen-bond acceptors (Lipinski definition) is 4. The Morgan fingerprint density at radius 2 is 2.08 bits per heavy atom. The summed E-state index contributed by atoms with van der Waals surface area (Å²) in [5, 5.41) is 9.22. The summed E-state index contributed by atoms with van der Waals surface area (Å²) in [7, 11) is 0. The Labute approximate surface area is 152 Å². The van der Waals surface area contributed by atoms with Crippen molar-refractivity contribution in [3.8, 4) is 0 Å². The molecule has 24 heavy (non-hydrogen) atoms. The number of allylic oxidation sites excluding steroid dienone is 2. The van der Waals surface area contributed by atoms with Gasteiger partial charge in [0.2, 0.25) is 0 Å². The van der Waals surface area contributed by atoms with Crippen LogP contribution in [0.5, 0.6) is 0 Å². The van der Waals surface area contributed by atoms with Crippen LogP contribution in [0.3, 0.4) is 0 Å². The summed E-state index contributed by atoms with van der Waals surface area (Å²) < 4.78 is 0.498. The monoisotopic (exact) mass is 385 g/mol. The molecule has 5 nitrogen and oxygen atoms in total. The van der Waals surface area contributed by atoms with E-state index in [9.17, 15) is 19.5 Å². The first-order valence-corrected chi connectivity index (χ1v) is 8.82. The number of rotatable bonds is 3. The van der Waals surface area contributed by atoms with Crippen LogP contribution in [0, 0.1) is 0 Å². The second-order valence-corrected chi connectivity index (χ2v) is 7.71. The van der Waals surface area contributed by atoms with Crippen LogP contribution in [0.25, 0.3) is 0 Å².